The van der Waals surface area contributed by atoms with Gasteiger partial charge in [-0.25, -0.2) is 0 Å². The molecule has 1 amide bonds. The van der Waals surface area contributed by atoms with Gasteiger partial charge < -0.3 is 9.64 Å². The molecule has 0 N–H and O–H groups in total. The molecule has 0 unspecified atom stereocenters. The van der Waals surface area contributed by atoms with Crippen LogP contribution in [-0.2, 0) is 10.2 Å². The monoisotopic (exact) mass is 309 g/mol. The average Bonchev–Trinajstić information content (AvgIpc) is 3.12. The van der Waals surface area contributed by atoms with Crippen molar-refractivity contribution in [3.8, 4) is 5.75 Å². The van der Waals surface area contributed by atoms with E-state index >= 15 is 0 Å². The molecule has 0 spiro atoms. The lowest BCUT2D eigenvalue weighted by Gasteiger charge is -2.33. The summed E-state index contributed by atoms with van der Waals surface area (Å²) in [6, 6.07) is 17.8. The van der Waals surface area contributed by atoms with Gasteiger partial charge in [0, 0.05) is 12.7 Å². The summed E-state index contributed by atoms with van der Waals surface area (Å²) in [5.41, 5.74) is 1.64. The molecule has 3 heteroatoms. The predicted molar refractivity (Wildman–Crippen MR) is 93.0 cm³/mol. The van der Waals surface area contributed by atoms with E-state index in [0.717, 1.165) is 42.7 Å². The summed E-state index contributed by atoms with van der Waals surface area (Å²) < 4.78 is 5.25. The topological polar surface area (TPSA) is 29.5 Å². The van der Waals surface area contributed by atoms with Crippen molar-refractivity contribution in [1.29, 1.82) is 0 Å². The fourth-order valence-electron chi connectivity index (χ4n) is 3.60. The lowest BCUT2D eigenvalue weighted by molar-refractivity contribution is -0.123. The largest absolute Gasteiger partial charge is 0.497 e. The molecule has 0 aromatic heterocycles. The predicted octanol–water partition coefficient (Wildman–Crippen LogP) is 4.17. The van der Waals surface area contributed by atoms with Gasteiger partial charge in [-0.2, -0.15) is 0 Å². The van der Waals surface area contributed by atoms with E-state index < -0.39 is 5.41 Å². The van der Waals surface area contributed by atoms with Gasteiger partial charge in [0.2, 0.25) is 5.91 Å². The highest BCUT2D eigenvalue weighted by Gasteiger charge is 2.44. The maximum atomic E-state index is 13.3. The summed E-state index contributed by atoms with van der Waals surface area (Å²) in [6.45, 7) is 0. The van der Waals surface area contributed by atoms with Crippen molar-refractivity contribution in [2.45, 2.75) is 31.1 Å². The molecular formula is C20H23NO2. The highest BCUT2D eigenvalue weighted by molar-refractivity contribution is 6.01. The second-order valence-corrected chi connectivity index (χ2v) is 6.22. The van der Waals surface area contributed by atoms with E-state index in [1.54, 1.807) is 12.0 Å². The summed E-state index contributed by atoms with van der Waals surface area (Å²) in [4.78, 5) is 15.1. The van der Waals surface area contributed by atoms with Crippen LogP contribution in [0.15, 0.2) is 54.6 Å². The zero-order chi connectivity index (χ0) is 16.3. The van der Waals surface area contributed by atoms with Crippen molar-refractivity contribution in [2.75, 3.05) is 19.1 Å². The van der Waals surface area contributed by atoms with Crippen LogP contribution in [0.4, 0.5) is 5.69 Å². The van der Waals surface area contributed by atoms with E-state index in [2.05, 4.69) is 0 Å². The van der Waals surface area contributed by atoms with Crippen LogP contribution < -0.4 is 9.64 Å². The Kier molecular flexibility index (Phi) is 4.37. The van der Waals surface area contributed by atoms with Gasteiger partial charge in [-0.3, -0.25) is 4.79 Å². The van der Waals surface area contributed by atoms with Gasteiger partial charge >= 0.3 is 0 Å². The molecule has 1 saturated carbocycles. The molecule has 120 valence electrons. The molecule has 1 fully saturated rings. The number of likely N-dealkylation sites (N-methyl/N-ethyl adjacent to an activating group) is 1. The van der Waals surface area contributed by atoms with E-state index in [1.807, 2.05) is 61.6 Å². The summed E-state index contributed by atoms with van der Waals surface area (Å²) >= 11 is 0. The molecule has 0 radical (unpaired) electrons. The quantitative estimate of drug-likeness (QED) is 0.848. The first-order valence-electron chi connectivity index (χ1n) is 8.15. The maximum Gasteiger partial charge on any atom is 0.237 e. The molecule has 23 heavy (non-hydrogen) atoms. The van der Waals surface area contributed by atoms with Crippen LogP contribution in [0.25, 0.3) is 0 Å². The Balaban J connectivity index is 1.95. The third-order valence-electron chi connectivity index (χ3n) is 4.96. The third kappa shape index (κ3) is 2.83. The Bertz CT molecular complexity index is 658. The van der Waals surface area contributed by atoms with Gasteiger partial charge in [0.05, 0.1) is 12.5 Å². The average molecular weight is 309 g/mol. The van der Waals surface area contributed by atoms with Crippen LogP contribution in [0.1, 0.15) is 31.2 Å². The summed E-state index contributed by atoms with van der Waals surface area (Å²) in [7, 11) is 3.54. The number of carbonyl (C=O) groups is 1. The molecule has 2 aromatic carbocycles. The van der Waals surface area contributed by atoms with Gasteiger partial charge in [-0.1, -0.05) is 43.2 Å². The number of carbonyl (C=O) groups excluding carboxylic acids is 1. The second kappa shape index (κ2) is 6.45. The normalized spacial score (nSPS) is 16.1. The highest BCUT2D eigenvalue weighted by atomic mass is 16.5. The Morgan fingerprint density at radius 2 is 1.61 bits per heavy atom. The number of amides is 1. The number of para-hydroxylation sites is 1. The molecule has 3 rings (SSSR count). The van der Waals surface area contributed by atoms with Crippen LogP contribution in [0.3, 0.4) is 0 Å². The fourth-order valence-corrected chi connectivity index (χ4v) is 3.60. The minimum Gasteiger partial charge on any atom is -0.497 e. The number of benzene rings is 2. The number of ether oxygens (including phenoxy) is 1. The van der Waals surface area contributed by atoms with Crippen LogP contribution in [0.5, 0.6) is 5.75 Å². The Morgan fingerprint density at radius 3 is 2.17 bits per heavy atom. The van der Waals surface area contributed by atoms with E-state index in [1.165, 1.54) is 0 Å². The number of nitrogens with zero attached hydrogens (tertiary/aromatic N) is 1. The van der Waals surface area contributed by atoms with Crippen LogP contribution in [0.2, 0.25) is 0 Å². The third-order valence-corrected chi connectivity index (χ3v) is 4.96. The second-order valence-electron chi connectivity index (χ2n) is 6.22. The molecule has 0 bridgehead atoms. The molecular weight excluding hydrogens is 286 g/mol. The Labute approximate surface area is 137 Å². The molecule has 0 aliphatic heterocycles. The molecule has 0 saturated heterocycles. The lowest BCUT2D eigenvalue weighted by atomic mass is 9.77. The van der Waals surface area contributed by atoms with Gasteiger partial charge in [-0.05, 0) is 42.7 Å². The zero-order valence-electron chi connectivity index (χ0n) is 13.8. The summed E-state index contributed by atoms with van der Waals surface area (Å²) in [5, 5.41) is 0. The number of methoxy groups -OCH3 is 1. The standard InChI is InChI=1S/C20H23NO2/c1-21(17-8-4-3-5-9-17)19(22)20(14-6-7-15-20)16-10-12-18(23-2)13-11-16/h3-5,8-13H,6-7,14-15H2,1-2H3. The summed E-state index contributed by atoms with van der Waals surface area (Å²) in [5.74, 6) is 1.01. The van der Waals surface area contributed by atoms with Crippen molar-refractivity contribution in [3.05, 3.63) is 60.2 Å². The van der Waals surface area contributed by atoms with Crippen LogP contribution in [0, 0.1) is 0 Å². The summed E-state index contributed by atoms with van der Waals surface area (Å²) in [6.07, 6.45) is 4.02. The minimum atomic E-state index is -0.406. The first kappa shape index (κ1) is 15.6. The zero-order valence-corrected chi connectivity index (χ0v) is 13.8. The number of hydrogen-bond acceptors (Lipinski definition) is 2. The maximum absolute atomic E-state index is 13.3. The molecule has 2 aromatic rings. The van der Waals surface area contributed by atoms with Crippen molar-refractivity contribution in [2.24, 2.45) is 0 Å². The Hall–Kier alpha value is -2.29. The molecule has 3 nitrogen and oxygen atoms in total. The van der Waals surface area contributed by atoms with Gasteiger partial charge in [0.15, 0.2) is 0 Å². The van der Waals surface area contributed by atoms with Gasteiger partial charge in [-0.15, -0.1) is 0 Å². The molecule has 0 heterocycles. The number of anilines is 1. The number of hydrogen-bond donors (Lipinski definition) is 0. The van der Waals surface area contributed by atoms with Crippen molar-refractivity contribution in [3.63, 3.8) is 0 Å². The smallest absolute Gasteiger partial charge is 0.237 e. The Morgan fingerprint density at radius 1 is 1.00 bits per heavy atom. The fraction of sp³-hybridized carbons (Fsp3) is 0.350. The van der Waals surface area contributed by atoms with E-state index in [-0.39, 0.29) is 5.91 Å². The SMILES string of the molecule is COc1ccc(C2(C(=O)N(C)c3ccccc3)CCCC2)cc1. The first-order valence-corrected chi connectivity index (χ1v) is 8.15. The van der Waals surface area contributed by atoms with Crippen LogP contribution >= 0.6 is 0 Å². The van der Waals surface area contributed by atoms with E-state index in [4.69, 9.17) is 4.74 Å². The lowest BCUT2D eigenvalue weighted by Crippen LogP contribution is -2.43. The van der Waals surface area contributed by atoms with Gasteiger partial charge in [0.25, 0.3) is 0 Å². The first-order chi connectivity index (χ1) is 11.2. The van der Waals surface area contributed by atoms with Gasteiger partial charge in [0.1, 0.15) is 5.75 Å². The van der Waals surface area contributed by atoms with E-state index in [9.17, 15) is 4.79 Å². The minimum absolute atomic E-state index is 0.186. The molecule has 1 aliphatic rings. The highest BCUT2D eigenvalue weighted by Crippen LogP contribution is 2.43. The molecule has 1 aliphatic carbocycles. The number of rotatable bonds is 4. The van der Waals surface area contributed by atoms with Crippen molar-refractivity contribution >= 4 is 11.6 Å². The van der Waals surface area contributed by atoms with Crippen LogP contribution in [-0.4, -0.2) is 20.1 Å². The molecule has 0 atom stereocenters. The van der Waals surface area contributed by atoms with Crippen molar-refractivity contribution < 1.29 is 9.53 Å². The van der Waals surface area contributed by atoms with Crippen molar-refractivity contribution in [1.82, 2.24) is 0 Å². The van der Waals surface area contributed by atoms with E-state index in [0.29, 0.717) is 0 Å².